The van der Waals surface area contributed by atoms with Crippen molar-refractivity contribution < 1.29 is 9.59 Å². The zero-order valence-electron chi connectivity index (χ0n) is 12.3. The Morgan fingerprint density at radius 2 is 1.75 bits per heavy atom. The van der Waals surface area contributed by atoms with Crippen LogP contribution in [-0.4, -0.2) is 18.4 Å². The van der Waals surface area contributed by atoms with Crippen molar-refractivity contribution in [2.75, 3.05) is 6.54 Å². The summed E-state index contributed by atoms with van der Waals surface area (Å²) in [5.41, 5.74) is 0.465. The Morgan fingerprint density at radius 1 is 1.20 bits per heavy atom. The first-order chi connectivity index (χ1) is 9.20. The molecule has 0 aliphatic carbocycles. The molecule has 0 fully saturated rings. The summed E-state index contributed by atoms with van der Waals surface area (Å²) < 4.78 is 0. The van der Waals surface area contributed by atoms with Crippen LogP contribution in [0.25, 0.3) is 0 Å². The Bertz CT molecular complexity index is 478. The highest BCUT2D eigenvalue weighted by Gasteiger charge is 2.21. The van der Waals surface area contributed by atoms with E-state index in [4.69, 9.17) is 11.6 Å². The minimum absolute atomic E-state index is 0.0198. The summed E-state index contributed by atoms with van der Waals surface area (Å²) in [6, 6.07) is 7.15. The molecular formula is C15H21ClN2O2. The molecule has 2 N–H and O–H groups in total. The molecule has 1 aromatic carbocycles. The van der Waals surface area contributed by atoms with Crippen LogP contribution in [0, 0.1) is 5.41 Å². The highest BCUT2D eigenvalue weighted by atomic mass is 35.5. The second-order valence-corrected chi connectivity index (χ2v) is 6.21. The van der Waals surface area contributed by atoms with Gasteiger partial charge >= 0.3 is 0 Å². The van der Waals surface area contributed by atoms with Gasteiger partial charge in [0.15, 0.2) is 0 Å². The van der Waals surface area contributed by atoms with Crippen LogP contribution >= 0.6 is 11.6 Å². The molecule has 0 saturated heterocycles. The van der Waals surface area contributed by atoms with E-state index in [-0.39, 0.29) is 24.4 Å². The minimum Gasteiger partial charge on any atom is -0.348 e. The second-order valence-electron chi connectivity index (χ2n) is 5.77. The molecule has 0 spiro atoms. The fourth-order valence-electron chi connectivity index (χ4n) is 1.55. The van der Waals surface area contributed by atoms with Crippen molar-refractivity contribution in [3.8, 4) is 0 Å². The lowest BCUT2D eigenvalue weighted by Gasteiger charge is -2.19. The van der Waals surface area contributed by atoms with Gasteiger partial charge in [-0.3, -0.25) is 9.59 Å². The van der Waals surface area contributed by atoms with Gasteiger partial charge in [0, 0.05) is 10.4 Å². The predicted molar refractivity (Wildman–Crippen MR) is 80.5 cm³/mol. The number of rotatable bonds is 4. The topological polar surface area (TPSA) is 58.2 Å². The first kappa shape index (κ1) is 16.5. The summed E-state index contributed by atoms with van der Waals surface area (Å²) in [4.78, 5) is 23.4. The molecule has 2 amide bonds. The summed E-state index contributed by atoms with van der Waals surface area (Å²) >= 11 is 5.81. The van der Waals surface area contributed by atoms with Gasteiger partial charge in [-0.1, -0.05) is 44.5 Å². The Hall–Kier alpha value is -1.55. The van der Waals surface area contributed by atoms with Crippen LogP contribution < -0.4 is 10.6 Å². The van der Waals surface area contributed by atoms with E-state index in [1.54, 1.807) is 32.9 Å². The van der Waals surface area contributed by atoms with Gasteiger partial charge in [-0.05, 0) is 24.6 Å². The lowest BCUT2D eigenvalue weighted by molar-refractivity contribution is -0.131. The maximum atomic E-state index is 11.8. The lowest BCUT2D eigenvalue weighted by Crippen LogP contribution is -2.42. The highest BCUT2D eigenvalue weighted by molar-refractivity contribution is 6.30. The molecule has 0 radical (unpaired) electrons. The Morgan fingerprint density at radius 3 is 2.25 bits per heavy atom. The van der Waals surface area contributed by atoms with Crippen LogP contribution in [-0.2, 0) is 9.59 Å². The largest absolute Gasteiger partial charge is 0.348 e. The summed E-state index contributed by atoms with van der Waals surface area (Å²) in [5.74, 6) is -0.364. The average Bonchev–Trinajstić information content (AvgIpc) is 2.35. The number of amides is 2. The minimum atomic E-state index is -0.498. The van der Waals surface area contributed by atoms with Crippen molar-refractivity contribution in [3.05, 3.63) is 34.9 Å². The van der Waals surface area contributed by atoms with Crippen molar-refractivity contribution >= 4 is 23.4 Å². The molecule has 0 bridgehead atoms. The van der Waals surface area contributed by atoms with E-state index in [0.717, 1.165) is 5.56 Å². The van der Waals surface area contributed by atoms with Gasteiger partial charge in [-0.2, -0.15) is 0 Å². The third-order valence-electron chi connectivity index (χ3n) is 2.84. The molecule has 0 heterocycles. The number of benzene rings is 1. The first-order valence-corrected chi connectivity index (χ1v) is 6.91. The number of carbonyl (C=O) groups excluding carboxylic acids is 2. The molecule has 110 valence electrons. The van der Waals surface area contributed by atoms with Crippen molar-refractivity contribution in [1.82, 2.24) is 10.6 Å². The molecule has 1 aromatic rings. The second kappa shape index (κ2) is 6.75. The quantitative estimate of drug-likeness (QED) is 0.897. The van der Waals surface area contributed by atoms with Crippen molar-refractivity contribution in [3.63, 3.8) is 0 Å². The van der Waals surface area contributed by atoms with Crippen LogP contribution in [0.4, 0.5) is 0 Å². The smallest absolute Gasteiger partial charge is 0.239 e. The zero-order chi connectivity index (χ0) is 15.3. The van der Waals surface area contributed by atoms with Gasteiger partial charge in [0.1, 0.15) is 0 Å². The number of hydrogen-bond donors (Lipinski definition) is 2. The zero-order valence-corrected chi connectivity index (χ0v) is 13.0. The monoisotopic (exact) mass is 296 g/mol. The molecule has 1 unspecified atom stereocenters. The molecule has 0 aliphatic rings. The maximum Gasteiger partial charge on any atom is 0.239 e. The number of nitrogens with one attached hydrogen (secondary N) is 2. The van der Waals surface area contributed by atoms with E-state index in [9.17, 15) is 9.59 Å². The fraction of sp³-hybridized carbons (Fsp3) is 0.467. The van der Waals surface area contributed by atoms with E-state index in [1.807, 2.05) is 19.1 Å². The molecule has 4 nitrogen and oxygen atoms in total. The summed E-state index contributed by atoms with van der Waals surface area (Å²) in [7, 11) is 0. The molecule has 20 heavy (non-hydrogen) atoms. The lowest BCUT2D eigenvalue weighted by atomic mass is 9.96. The van der Waals surface area contributed by atoms with E-state index in [2.05, 4.69) is 10.6 Å². The van der Waals surface area contributed by atoms with E-state index in [1.165, 1.54) is 0 Å². The number of hydrogen-bond acceptors (Lipinski definition) is 2. The number of carbonyl (C=O) groups is 2. The SMILES string of the molecule is CC(NC(=O)CNC(=O)C(C)(C)C)c1ccc(Cl)cc1. The van der Waals surface area contributed by atoms with Crippen LogP contribution in [0.5, 0.6) is 0 Å². The van der Waals surface area contributed by atoms with Crippen molar-refractivity contribution in [2.45, 2.75) is 33.7 Å². The molecule has 0 aromatic heterocycles. The predicted octanol–water partition coefficient (Wildman–Crippen LogP) is 2.68. The summed E-state index contributed by atoms with van der Waals surface area (Å²) in [6.07, 6.45) is 0. The summed E-state index contributed by atoms with van der Waals surface area (Å²) in [6.45, 7) is 7.27. The third-order valence-corrected chi connectivity index (χ3v) is 3.09. The average molecular weight is 297 g/mol. The van der Waals surface area contributed by atoms with Crippen molar-refractivity contribution in [1.29, 1.82) is 0 Å². The van der Waals surface area contributed by atoms with E-state index >= 15 is 0 Å². The van der Waals surface area contributed by atoms with E-state index < -0.39 is 5.41 Å². The first-order valence-electron chi connectivity index (χ1n) is 6.53. The Labute approximate surface area is 124 Å². The number of halogens is 1. The van der Waals surface area contributed by atoms with Gasteiger partial charge in [0.2, 0.25) is 11.8 Å². The molecular weight excluding hydrogens is 276 g/mol. The highest BCUT2D eigenvalue weighted by Crippen LogP contribution is 2.16. The van der Waals surface area contributed by atoms with Gasteiger partial charge in [-0.15, -0.1) is 0 Å². The van der Waals surface area contributed by atoms with Crippen LogP contribution in [0.1, 0.15) is 39.3 Å². The van der Waals surface area contributed by atoms with Crippen molar-refractivity contribution in [2.24, 2.45) is 5.41 Å². The molecule has 0 saturated carbocycles. The Kier molecular flexibility index (Phi) is 5.57. The molecule has 5 heteroatoms. The van der Waals surface area contributed by atoms with Crippen LogP contribution in [0.15, 0.2) is 24.3 Å². The van der Waals surface area contributed by atoms with Gasteiger partial charge in [0.25, 0.3) is 0 Å². The van der Waals surface area contributed by atoms with Gasteiger partial charge in [-0.25, -0.2) is 0 Å². The standard InChI is InChI=1S/C15H21ClN2O2/c1-10(11-5-7-12(16)8-6-11)18-13(19)9-17-14(20)15(2,3)4/h5-8,10H,9H2,1-4H3,(H,17,20)(H,18,19). The normalized spacial score (nSPS) is 12.7. The van der Waals surface area contributed by atoms with Crippen LogP contribution in [0.2, 0.25) is 5.02 Å². The Balaban J connectivity index is 2.46. The molecule has 1 rings (SSSR count). The molecule has 0 aliphatic heterocycles. The maximum absolute atomic E-state index is 11.8. The van der Waals surface area contributed by atoms with E-state index in [0.29, 0.717) is 5.02 Å². The van der Waals surface area contributed by atoms with Gasteiger partial charge < -0.3 is 10.6 Å². The third kappa shape index (κ3) is 5.21. The van der Waals surface area contributed by atoms with Crippen LogP contribution in [0.3, 0.4) is 0 Å². The van der Waals surface area contributed by atoms with Gasteiger partial charge in [0.05, 0.1) is 12.6 Å². The fourth-order valence-corrected chi connectivity index (χ4v) is 1.68. The summed E-state index contributed by atoms with van der Waals surface area (Å²) in [5, 5.41) is 6.10. The molecule has 1 atom stereocenters.